The highest BCUT2D eigenvalue weighted by molar-refractivity contribution is 5.77. The molecule has 0 aromatic rings. The maximum absolute atomic E-state index is 11.1. The van der Waals surface area contributed by atoms with Crippen LogP contribution in [0.25, 0.3) is 0 Å². The van der Waals surface area contributed by atoms with E-state index in [1.807, 2.05) is 20.8 Å². The van der Waals surface area contributed by atoms with Gasteiger partial charge in [0.1, 0.15) is 0 Å². The Morgan fingerprint density at radius 1 is 1.31 bits per heavy atom. The van der Waals surface area contributed by atoms with E-state index < -0.39 is 11.6 Å². The van der Waals surface area contributed by atoms with Crippen molar-refractivity contribution in [1.29, 1.82) is 0 Å². The number of carboxylic acids is 1. The molecule has 13 heavy (non-hydrogen) atoms. The minimum absolute atomic E-state index is 0.372. The van der Waals surface area contributed by atoms with Gasteiger partial charge in [0.2, 0.25) is 0 Å². The standard InChI is InChI=1S/C10H18O3/c1-9(2,3)13-10(8(11)12)6-4-5-7-10/h4-7H2,1-3H3,(H,11,12). The maximum atomic E-state index is 11.1. The molecule has 76 valence electrons. The second-order valence-electron chi connectivity index (χ2n) is 4.72. The van der Waals surface area contributed by atoms with E-state index in [9.17, 15) is 4.79 Å². The summed E-state index contributed by atoms with van der Waals surface area (Å²) in [5.74, 6) is -0.806. The lowest BCUT2D eigenvalue weighted by atomic mass is 10.0. The van der Waals surface area contributed by atoms with Crippen LogP contribution in [0.5, 0.6) is 0 Å². The van der Waals surface area contributed by atoms with E-state index in [0.717, 1.165) is 12.8 Å². The van der Waals surface area contributed by atoms with Gasteiger partial charge in [0.25, 0.3) is 0 Å². The van der Waals surface area contributed by atoms with Crippen LogP contribution in [0, 0.1) is 0 Å². The van der Waals surface area contributed by atoms with Crippen LogP contribution in [0.4, 0.5) is 0 Å². The van der Waals surface area contributed by atoms with Crippen LogP contribution in [0.15, 0.2) is 0 Å². The molecule has 3 heteroatoms. The molecule has 0 atom stereocenters. The van der Waals surface area contributed by atoms with Crippen molar-refractivity contribution in [2.75, 3.05) is 0 Å². The van der Waals surface area contributed by atoms with Gasteiger partial charge in [-0.15, -0.1) is 0 Å². The first-order valence-corrected chi connectivity index (χ1v) is 4.79. The van der Waals surface area contributed by atoms with E-state index in [1.165, 1.54) is 0 Å². The van der Waals surface area contributed by atoms with Crippen LogP contribution in [0.1, 0.15) is 46.5 Å². The Kier molecular flexibility index (Phi) is 2.66. The molecular formula is C10H18O3. The molecule has 0 aliphatic heterocycles. The molecule has 0 aromatic heterocycles. The summed E-state index contributed by atoms with van der Waals surface area (Å²) in [7, 11) is 0. The normalized spacial score (nSPS) is 21.8. The van der Waals surface area contributed by atoms with Gasteiger partial charge in [0.15, 0.2) is 5.60 Å². The Morgan fingerprint density at radius 2 is 1.77 bits per heavy atom. The fourth-order valence-corrected chi connectivity index (χ4v) is 1.89. The fraction of sp³-hybridized carbons (Fsp3) is 0.900. The molecule has 0 spiro atoms. The highest BCUT2D eigenvalue weighted by Gasteiger charge is 2.45. The Hall–Kier alpha value is -0.570. The molecule has 1 aliphatic carbocycles. The summed E-state index contributed by atoms with van der Waals surface area (Å²) in [5, 5.41) is 9.10. The second kappa shape index (κ2) is 3.29. The van der Waals surface area contributed by atoms with Gasteiger partial charge in [0.05, 0.1) is 5.60 Å². The summed E-state index contributed by atoms with van der Waals surface area (Å²) in [6.07, 6.45) is 3.23. The lowest BCUT2D eigenvalue weighted by molar-refractivity contribution is -0.183. The van der Waals surface area contributed by atoms with Crippen molar-refractivity contribution in [3.63, 3.8) is 0 Å². The summed E-state index contributed by atoms with van der Waals surface area (Å²) in [6.45, 7) is 5.70. The number of hydrogen-bond acceptors (Lipinski definition) is 2. The van der Waals surface area contributed by atoms with Crippen molar-refractivity contribution in [2.45, 2.75) is 57.7 Å². The van der Waals surface area contributed by atoms with E-state index in [2.05, 4.69) is 0 Å². The highest BCUT2D eigenvalue weighted by Crippen LogP contribution is 2.36. The van der Waals surface area contributed by atoms with Crippen molar-refractivity contribution in [1.82, 2.24) is 0 Å². The molecule has 0 radical (unpaired) electrons. The van der Waals surface area contributed by atoms with Crippen LogP contribution >= 0.6 is 0 Å². The predicted molar refractivity (Wildman–Crippen MR) is 49.7 cm³/mol. The van der Waals surface area contributed by atoms with Gasteiger partial charge < -0.3 is 9.84 Å². The highest BCUT2D eigenvalue weighted by atomic mass is 16.5. The molecule has 1 saturated carbocycles. The minimum atomic E-state index is -0.905. The topological polar surface area (TPSA) is 46.5 Å². The van der Waals surface area contributed by atoms with E-state index >= 15 is 0 Å². The van der Waals surface area contributed by atoms with E-state index in [4.69, 9.17) is 9.84 Å². The summed E-state index contributed by atoms with van der Waals surface area (Å²) < 4.78 is 5.65. The zero-order valence-electron chi connectivity index (χ0n) is 8.59. The molecule has 3 nitrogen and oxygen atoms in total. The van der Waals surface area contributed by atoms with Crippen LogP contribution < -0.4 is 0 Å². The SMILES string of the molecule is CC(C)(C)OC1(C(=O)O)CCCC1. The molecular weight excluding hydrogens is 168 g/mol. The molecule has 1 fully saturated rings. The van der Waals surface area contributed by atoms with E-state index in [0.29, 0.717) is 12.8 Å². The number of rotatable bonds is 2. The third kappa shape index (κ3) is 2.44. The molecule has 1 rings (SSSR count). The summed E-state index contributed by atoms with van der Waals surface area (Å²) in [4.78, 5) is 11.1. The zero-order valence-corrected chi connectivity index (χ0v) is 8.59. The fourth-order valence-electron chi connectivity index (χ4n) is 1.89. The van der Waals surface area contributed by atoms with Crippen molar-refractivity contribution in [3.05, 3.63) is 0 Å². The average Bonchev–Trinajstić information content (AvgIpc) is 2.33. The zero-order chi connectivity index (χ0) is 10.1. The third-order valence-electron chi connectivity index (χ3n) is 2.30. The number of carboxylic acid groups (broad SMARTS) is 1. The largest absolute Gasteiger partial charge is 0.479 e. The van der Waals surface area contributed by atoms with Crippen molar-refractivity contribution < 1.29 is 14.6 Å². The first kappa shape index (κ1) is 10.5. The second-order valence-corrected chi connectivity index (χ2v) is 4.72. The van der Waals surface area contributed by atoms with Crippen molar-refractivity contribution in [2.24, 2.45) is 0 Å². The van der Waals surface area contributed by atoms with Crippen LogP contribution in [-0.2, 0) is 9.53 Å². The first-order valence-electron chi connectivity index (χ1n) is 4.79. The third-order valence-corrected chi connectivity index (χ3v) is 2.30. The number of ether oxygens (including phenoxy) is 1. The monoisotopic (exact) mass is 186 g/mol. The van der Waals surface area contributed by atoms with Crippen LogP contribution in [0.2, 0.25) is 0 Å². The lowest BCUT2D eigenvalue weighted by Gasteiger charge is -2.32. The molecule has 1 N–H and O–H groups in total. The van der Waals surface area contributed by atoms with Gasteiger partial charge in [-0.2, -0.15) is 0 Å². The van der Waals surface area contributed by atoms with Gasteiger partial charge >= 0.3 is 5.97 Å². The first-order chi connectivity index (χ1) is 5.86. The van der Waals surface area contributed by atoms with Gasteiger partial charge in [0, 0.05) is 0 Å². The van der Waals surface area contributed by atoms with Crippen molar-refractivity contribution in [3.8, 4) is 0 Å². The smallest absolute Gasteiger partial charge is 0.335 e. The van der Waals surface area contributed by atoms with Gasteiger partial charge in [-0.25, -0.2) is 4.79 Å². The lowest BCUT2D eigenvalue weighted by Crippen LogP contribution is -2.44. The molecule has 0 heterocycles. The van der Waals surface area contributed by atoms with Crippen LogP contribution in [-0.4, -0.2) is 22.3 Å². The summed E-state index contributed by atoms with van der Waals surface area (Å²) >= 11 is 0. The molecule has 0 unspecified atom stereocenters. The molecule has 1 aliphatic rings. The van der Waals surface area contributed by atoms with E-state index in [-0.39, 0.29) is 5.60 Å². The molecule has 0 amide bonds. The Morgan fingerprint density at radius 3 is 2.08 bits per heavy atom. The quantitative estimate of drug-likeness (QED) is 0.719. The van der Waals surface area contributed by atoms with Gasteiger partial charge in [-0.1, -0.05) is 0 Å². The van der Waals surface area contributed by atoms with Gasteiger partial charge in [-0.05, 0) is 46.5 Å². The summed E-state index contributed by atoms with van der Waals surface area (Å²) in [5.41, 5.74) is -1.28. The average molecular weight is 186 g/mol. The minimum Gasteiger partial charge on any atom is -0.479 e. The Labute approximate surface area is 79.1 Å². The van der Waals surface area contributed by atoms with E-state index in [1.54, 1.807) is 0 Å². The Balaban J connectivity index is 2.74. The molecule has 0 bridgehead atoms. The number of aliphatic carboxylic acids is 1. The van der Waals surface area contributed by atoms with Crippen molar-refractivity contribution >= 4 is 5.97 Å². The molecule has 0 aromatic carbocycles. The molecule has 0 saturated heterocycles. The van der Waals surface area contributed by atoms with Gasteiger partial charge in [-0.3, -0.25) is 0 Å². The Bertz CT molecular complexity index is 197. The number of hydrogen-bond donors (Lipinski definition) is 1. The van der Waals surface area contributed by atoms with Crippen LogP contribution in [0.3, 0.4) is 0 Å². The summed E-state index contributed by atoms with van der Waals surface area (Å²) in [6, 6.07) is 0. The maximum Gasteiger partial charge on any atom is 0.335 e. The predicted octanol–water partition coefficient (Wildman–Crippen LogP) is 2.20. The number of carbonyl (C=O) groups is 1.